The SMILES string of the molecule is CCCNCc1ccc(N(C)C2CCSC2)nn1. The molecule has 1 fully saturated rings. The summed E-state index contributed by atoms with van der Waals surface area (Å²) in [5.41, 5.74) is 1.02. The minimum Gasteiger partial charge on any atom is -0.354 e. The lowest BCUT2D eigenvalue weighted by Crippen LogP contribution is -2.32. The molecule has 0 amide bonds. The van der Waals surface area contributed by atoms with Crippen molar-refractivity contribution in [2.45, 2.75) is 32.4 Å². The standard InChI is InChI=1S/C13H22N4S/c1-3-7-14-9-11-4-5-13(16-15-11)17(2)12-6-8-18-10-12/h4-5,12,14H,3,6-10H2,1-2H3. The Kier molecular flexibility index (Phi) is 5.26. The van der Waals surface area contributed by atoms with Crippen molar-refractivity contribution in [1.82, 2.24) is 15.5 Å². The molecule has 0 radical (unpaired) electrons. The lowest BCUT2D eigenvalue weighted by Gasteiger charge is -2.24. The van der Waals surface area contributed by atoms with Gasteiger partial charge in [-0.05, 0) is 37.3 Å². The van der Waals surface area contributed by atoms with Gasteiger partial charge in [0, 0.05) is 25.4 Å². The molecule has 0 bridgehead atoms. The first-order valence-electron chi connectivity index (χ1n) is 6.65. The fourth-order valence-electron chi connectivity index (χ4n) is 2.04. The average Bonchev–Trinajstić information content (AvgIpc) is 2.93. The van der Waals surface area contributed by atoms with Crippen molar-refractivity contribution in [2.75, 3.05) is 30.0 Å². The highest BCUT2D eigenvalue weighted by Crippen LogP contribution is 2.24. The van der Waals surface area contributed by atoms with Gasteiger partial charge in [-0.3, -0.25) is 0 Å². The molecule has 1 saturated heterocycles. The monoisotopic (exact) mass is 266 g/mol. The summed E-state index contributed by atoms with van der Waals surface area (Å²) in [7, 11) is 2.12. The molecule has 18 heavy (non-hydrogen) atoms. The molecule has 0 aromatic carbocycles. The van der Waals surface area contributed by atoms with Crippen LogP contribution in [0.3, 0.4) is 0 Å². The van der Waals surface area contributed by atoms with Crippen LogP contribution in [0.25, 0.3) is 0 Å². The Morgan fingerprint density at radius 1 is 1.44 bits per heavy atom. The number of hydrogen-bond donors (Lipinski definition) is 1. The van der Waals surface area contributed by atoms with Crippen molar-refractivity contribution >= 4 is 17.6 Å². The third kappa shape index (κ3) is 3.59. The van der Waals surface area contributed by atoms with Gasteiger partial charge in [0.25, 0.3) is 0 Å². The van der Waals surface area contributed by atoms with Gasteiger partial charge in [0.15, 0.2) is 5.82 Å². The molecule has 2 rings (SSSR count). The Morgan fingerprint density at radius 3 is 2.94 bits per heavy atom. The molecule has 1 aliphatic rings. The third-order valence-electron chi connectivity index (χ3n) is 3.25. The van der Waals surface area contributed by atoms with E-state index in [-0.39, 0.29) is 0 Å². The number of aromatic nitrogens is 2. The number of nitrogens with zero attached hydrogens (tertiary/aromatic N) is 3. The largest absolute Gasteiger partial charge is 0.354 e. The maximum atomic E-state index is 4.33. The molecule has 1 atom stereocenters. The average molecular weight is 266 g/mol. The topological polar surface area (TPSA) is 41.0 Å². The van der Waals surface area contributed by atoms with Gasteiger partial charge in [-0.25, -0.2) is 0 Å². The second kappa shape index (κ2) is 6.95. The molecule has 1 unspecified atom stereocenters. The molecule has 1 N–H and O–H groups in total. The number of thioether (sulfide) groups is 1. The maximum Gasteiger partial charge on any atom is 0.151 e. The maximum absolute atomic E-state index is 4.33. The summed E-state index contributed by atoms with van der Waals surface area (Å²) >= 11 is 2.02. The van der Waals surface area contributed by atoms with E-state index in [0.717, 1.165) is 31.0 Å². The first-order valence-corrected chi connectivity index (χ1v) is 7.80. The summed E-state index contributed by atoms with van der Waals surface area (Å²) < 4.78 is 0. The van der Waals surface area contributed by atoms with Crippen LogP contribution in [-0.2, 0) is 6.54 Å². The van der Waals surface area contributed by atoms with E-state index < -0.39 is 0 Å². The van der Waals surface area contributed by atoms with Gasteiger partial charge < -0.3 is 10.2 Å². The minimum atomic E-state index is 0.619. The van der Waals surface area contributed by atoms with Gasteiger partial charge in [-0.15, -0.1) is 5.10 Å². The van der Waals surface area contributed by atoms with Crippen molar-refractivity contribution in [2.24, 2.45) is 0 Å². The highest BCUT2D eigenvalue weighted by molar-refractivity contribution is 7.99. The zero-order valence-corrected chi connectivity index (χ0v) is 12.0. The quantitative estimate of drug-likeness (QED) is 0.797. The van der Waals surface area contributed by atoms with E-state index in [0.29, 0.717) is 6.04 Å². The van der Waals surface area contributed by atoms with E-state index in [1.54, 1.807) is 0 Å². The van der Waals surface area contributed by atoms with Gasteiger partial charge in [-0.2, -0.15) is 16.9 Å². The summed E-state index contributed by atoms with van der Waals surface area (Å²) in [5, 5.41) is 11.9. The Labute approximate surface area is 114 Å². The normalized spacial score (nSPS) is 19.1. The second-order valence-electron chi connectivity index (χ2n) is 4.69. The summed E-state index contributed by atoms with van der Waals surface area (Å²) in [6, 6.07) is 4.77. The van der Waals surface area contributed by atoms with Crippen LogP contribution in [0.2, 0.25) is 0 Å². The van der Waals surface area contributed by atoms with Crippen LogP contribution >= 0.6 is 11.8 Å². The highest BCUT2D eigenvalue weighted by atomic mass is 32.2. The fraction of sp³-hybridized carbons (Fsp3) is 0.692. The Balaban J connectivity index is 1.89. The van der Waals surface area contributed by atoms with Crippen LogP contribution in [0.5, 0.6) is 0 Å². The van der Waals surface area contributed by atoms with E-state index in [4.69, 9.17) is 0 Å². The zero-order valence-electron chi connectivity index (χ0n) is 11.2. The zero-order chi connectivity index (χ0) is 12.8. The predicted octanol–water partition coefficient (Wildman–Crippen LogP) is 1.92. The second-order valence-corrected chi connectivity index (χ2v) is 5.84. The minimum absolute atomic E-state index is 0.619. The van der Waals surface area contributed by atoms with E-state index in [2.05, 4.69) is 46.5 Å². The van der Waals surface area contributed by atoms with Crippen LogP contribution < -0.4 is 10.2 Å². The van der Waals surface area contributed by atoms with Crippen LogP contribution in [0.4, 0.5) is 5.82 Å². The van der Waals surface area contributed by atoms with Crippen molar-refractivity contribution in [3.05, 3.63) is 17.8 Å². The highest BCUT2D eigenvalue weighted by Gasteiger charge is 2.21. The van der Waals surface area contributed by atoms with Crippen LogP contribution in [0.15, 0.2) is 12.1 Å². The van der Waals surface area contributed by atoms with Gasteiger partial charge in [0.1, 0.15) is 0 Å². The summed E-state index contributed by atoms with van der Waals surface area (Å²) in [4.78, 5) is 2.26. The van der Waals surface area contributed by atoms with Crippen molar-refractivity contribution in [1.29, 1.82) is 0 Å². The molecule has 2 heterocycles. The predicted molar refractivity (Wildman–Crippen MR) is 78.2 cm³/mol. The van der Waals surface area contributed by atoms with Crippen molar-refractivity contribution < 1.29 is 0 Å². The molecule has 0 spiro atoms. The van der Waals surface area contributed by atoms with Crippen LogP contribution in [0, 0.1) is 0 Å². The molecule has 1 aromatic heterocycles. The Bertz CT molecular complexity index is 349. The third-order valence-corrected chi connectivity index (χ3v) is 4.40. The molecule has 5 heteroatoms. The molecule has 100 valence electrons. The molecule has 1 aromatic rings. The van der Waals surface area contributed by atoms with Crippen molar-refractivity contribution in [3.8, 4) is 0 Å². The van der Waals surface area contributed by atoms with Gasteiger partial charge in [0.2, 0.25) is 0 Å². The molecule has 0 saturated carbocycles. The first kappa shape index (κ1) is 13.6. The summed E-state index contributed by atoms with van der Waals surface area (Å²) in [6.45, 7) is 4.00. The van der Waals surface area contributed by atoms with E-state index in [1.807, 2.05) is 11.8 Å². The smallest absolute Gasteiger partial charge is 0.151 e. The first-order chi connectivity index (χ1) is 8.81. The summed E-state index contributed by atoms with van der Waals surface area (Å²) in [5.74, 6) is 3.46. The number of nitrogens with one attached hydrogen (secondary N) is 1. The fourth-order valence-corrected chi connectivity index (χ4v) is 3.31. The lowest BCUT2D eigenvalue weighted by atomic mass is 10.2. The lowest BCUT2D eigenvalue weighted by molar-refractivity contribution is 0.650. The Morgan fingerprint density at radius 2 is 2.33 bits per heavy atom. The molecule has 4 nitrogen and oxygen atoms in total. The van der Waals surface area contributed by atoms with Crippen molar-refractivity contribution in [3.63, 3.8) is 0 Å². The van der Waals surface area contributed by atoms with Crippen LogP contribution in [0.1, 0.15) is 25.5 Å². The van der Waals surface area contributed by atoms with Gasteiger partial charge in [-0.1, -0.05) is 6.92 Å². The van der Waals surface area contributed by atoms with E-state index in [1.165, 1.54) is 17.9 Å². The molecule has 1 aliphatic heterocycles. The molecule has 0 aliphatic carbocycles. The number of hydrogen-bond acceptors (Lipinski definition) is 5. The van der Waals surface area contributed by atoms with E-state index in [9.17, 15) is 0 Å². The van der Waals surface area contributed by atoms with Gasteiger partial charge in [0.05, 0.1) is 5.69 Å². The summed E-state index contributed by atoms with van der Waals surface area (Å²) in [6.07, 6.45) is 2.40. The van der Waals surface area contributed by atoms with E-state index >= 15 is 0 Å². The molecular weight excluding hydrogens is 244 g/mol. The number of anilines is 1. The van der Waals surface area contributed by atoms with Crippen LogP contribution in [-0.4, -0.2) is 41.3 Å². The molecular formula is C13H22N4S. The number of rotatable bonds is 6. The van der Waals surface area contributed by atoms with Gasteiger partial charge >= 0.3 is 0 Å². The Hall–Kier alpha value is -0.810.